The molecule has 44 heavy (non-hydrogen) atoms. The van der Waals surface area contributed by atoms with Gasteiger partial charge in [0.25, 0.3) is 5.56 Å². The molecule has 3 aromatic heterocycles. The molecule has 1 aromatic carbocycles. The molecular formula is C32H43Cl4N5O3. The van der Waals surface area contributed by atoms with Crippen molar-refractivity contribution in [3.8, 4) is 5.75 Å². The molecule has 0 spiro atoms. The summed E-state index contributed by atoms with van der Waals surface area (Å²) in [5, 5.41) is 1.00. The SMILES string of the molecule is Cl.Cl.Cl.Cl.Cn1c(=O)ccc2cc(OCCCN(CCN3CCC(OCc4ccncc4)CC3)Cc3cccnc3)ccc21. The Hall–Kier alpha value is -2.43. The fourth-order valence-corrected chi connectivity index (χ4v) is 5.23. The second-order valence-corrected chi connectivity index (χ2v) is 10.5. The van der Waals surface area contributed by atoms with E-state index in [1.807, 2.05) is 67.3 Å². The van der Waals surface area contributed by atoms with Crippen LogP contribution in [0.15, 0.2) is 84.2 Å². The summed E-state index contributed by atoms with van der Waals surface area (Å²) >= 11 is 0. The van der Waals surface area contributed by atoms with Crippen LogP contribution in [0.1, 0.15) is 30.4 Å². The van der Waals surface area contributed by atoms with Crippen LogP contribution >= 0.6 is 49.6 Å². The highest BCUT2D eigenvalue weighted by atomic mass is 35.5. The summed E-state index contributed by atoms with van der Waals surface area (Å²) in [6.07, 6.45) is 10.8. The maximum Gasteiger partial charge on any atom is 0.250 e. The van der Waals surface area contributed by atoms with Gasteiger partial charge >= 0.3 is 0 Å². The van der Waals surface area contributed by atoms with E-state index >= 15 is 0 Å². The molecule has 0 radical (unpaired) electrons. The minimum Gasteiger partial charge on any atom is -0.494 e. The first kappa shape index (κ1) is 39.6. The zero-order valence-corrected chi connectivity index (χ0v) is 28.2. The highest BCUT2D eigenvalue weighted by Gasteiger charge is 2.20. The normalized spacial score (nSPS) is 13.3. The quantitative estimate of drug-likeness (QED) is 0.161. The minimum atomic E-state index is -0.00593. The lowest BCUT2D eigenvalue weighted by atomic mass is 10.1. The predicted molar refractivity (Wildman–Crippen MR) is 186 cm³/mol. The number of likely N-dealkylation sites (tertiary alicyclic amines) is 1. The Labute approximate surface area is 284 Å². The highest BCUT2D eigenvalue weighted by molar-refractivity contribution is 5.86. The molecule has 4 heterocycles. The average Bonchev–Trinajstić information content (AvgIpc) is 3.00. The molecule has 0 N–H and O–H groups in total. The smallest absolute Gasteiger partial charge is 0.250 e. The van der Waals surface area contributed by atoms with Gasteiger partial charge in [-0.3, -0.25) is 19.7 Å². The fraction of sp³-hybridized carbons (Fsp3) is 0.406. The average molecular weight is 688 g/mol. The number of hydrogen-bond donors (Lipinski definition) is 0. The van der Waals surface area contributed by atoms with Crippen molar-refractivity contribution in [2.75, 3.05) is 39.3 Å². The van der Waals surface area contributed by atoms with Crippen LogP contribution < -0.4 is 10.3 Å². The van der Waals surface area contributed by atoms with E-state index in [4.69, 9.17) is 9.47 Å². The molecule has 5 rings (SSSR count). The van der Waals surface area contributed by atoms with Gasteiger partial charge in [-0.1, -0.05) is 6.07 Å². The van der Waals surface area contributed by atoms with Crippen molar-refractivity contribution in [1.82, 2.24) is 24.3 Å². The van der Waals surface area contributed by atoms with Crippen LogP contribution in [0.2, 0.25) is 0 Å². The van der Waals surface area contributed by atoms with E-state index in [1.54, 1.807) is 17.7 Å². The third-order valence-electron chi connectivity index (χ3n) is 7.61. The molecule has 242 valence electrons. The third kappa shape index (κ3) is 11.8. The summed E-state index contributed by atoms with van der Waals surface area (Å²) in [7, 11) is 1.79. The largest absolute Gasteiger partial charge is 0.494 e. The molecule has 12 heteroatoms. The molecule has 4 aromatic rings. The summed E-state index contributed by atoms with van der Waals surface area (Å²) in [4.78, 5) is 25.3. The van der Waals surface area contributed by atoms with E-state index in [-0.39, 0.29) is 55.2 Å². The number of nitrogens with zero attached hydrogens (tertiary/aromatic N) is 5. The number of aryl methyl sites for hydroxylation is 1. The lowest BCUT2D eigenvalue weighted by molar-refractivity contribution is -0.00400. The Kier molecular flexibility index (Phi) is 18.5. The van der Waals surface area contributed by atoms with Gasteiger partial charge in [-0.05, 0) is 72.9 Å². The number of benzene rings is 1. The van der Waals surface area contributed by atoms with Crippen LogP contribution in [-0.2, 0) is 24.9 Å². The monoisotopic (exact) mass is 685 g/mol. The van der Waals surface area contributed by atoms with Crippen molar-refractivity contribution in [3.05, 3.63) is 101 Å². The van der Waals surface area contributed by atoms with Crippen molar-refractivity contribution in [1.29, 1.82) is 0 Å². The van der Waals surface area contributed by atoms with E-state index in [1.165, 1.54) is 11.1 Å². The van der Waals surface area contributed by atoms with Crippen molar-refractivity contribution < 1.29 is 9.47 Å². The number of aromatic nitrogens is 3. The van der Waals surface area contributed by atoms with Gasteiger partial charge < -0.3 is 18.9 Å². The number of piperidine rings is 1. The van der Waals surface area contributed by atoms with E-state index in [9.17, 15) is 4.79 Å². The Morgan fingerprint density at radius 1 is 0.886 bits per heavy atom. The van der Waals surface area contributed by atoms with E-state index in [0.29, 0.717) is 19.3 Å². The van der Waals surface area contributed by atoms with Gasteiger partial charge in [0.2, 0.25) is 0 Å². The van der Waals surface area contributed by atoms with E-state index in [2.05, 4.69) is 25.8 Å². The van der Waals surface area contributed by atoms with Crippen LogP contribution in [0, 0.1) is 0 Å². The number of hydrogen-bond acceptors (Lipinski definition) is 7. The lowest BCUT2D eigenvalue weighted by Gasteiger charge is -2.33. The summed E-state index contributed by atoms with van der Waals surface area (Å²) in [6.45, 7) is 7.31. The van der Waals surface area contributed by atoms with Crippen LogP contribution in [0.5, 0.6) is 5.75 Å². The maximum absolute atomic E-state index is 11.9. The molecule has 0 amide bonds. The fourth-order valence-electron chi connectivity index (χ4n) is 5.23. The number of halogens is 4. The minimum absolute atomic E-state index is 0. The number of fused-ring (bicyclic) bond motifs is 1. The van der Waals surface area contributed by atoms with Crippen LogP contribution in [0.4, 0.5) is 0 Å². The zero-order chi connectivity index (χ0) is 27.6. The molecule has 0 aliphatic carbocycles. The maximum atomic E-state index is 11.9. The molecule has 1 aliphatic rings. The summed E-state index contributed by atoms with van der Waals surface area (Å²) < 4.78 is 13.9. The van der Waals surface area contributed by atoms with E-state index in [0.717, 1.165) is 75.2 Å². The predicted octanol–water partition coefficient (Wildman–Crippen LogP) is 5.97. The Bertz CT molecular complexity index is 1410. The molecule has 0 bridgehead atoms. The number of ether oxygens (including phenoxy) is 2. The van der Waals surface area contributed by atoms with E-state index < -0.39 is 0 Å². The third-order valence-corrected chi connectivity index (χ3v) is 7.61. The first-order valence-electron chi connectivity index (χ1n) is 14.2. The molecular weight excluding hydrogens is 644 g/mol. The van der Waals surface area contributed by atoms with Crippen molar-refractivity contribution in [2.24, 2.45) is 7.05 Å². The van der Waals surface area contributed by atoms with Gasteiger partial charge in [0.15, 0.2) is 0 Å². The van der Waals surface area contributed by atoms with Crippen LogP contribution in [-0.4, -0.2) is 69.8 Å². The van der Waals surface area contributed by atoms with Gasteiger partial charge in [0.1, 0.15) is 5.75 Å². The van der Waals surface area contributed by atoms with Crippen molar-refractivity contribution >= 4 is 60.5 Å². The molecule has 1 fully saturated rings. The Morgan fingerprint density at radius 3 is 2.39 bits per heavy atom. The molecule has 1 saturated heterocycles. The van der Waals surface area contributed by atoms with Crippen LogP contribution in [0.3, 0.4) is 0 Å². The lowest BCUT2D eigenvalue weighted by Crippen LogP contribution is -2.41. The second-order valence-electron chi connectivity index (χ2n) is 10.5. The Balaban J connectivity index is 0.00000242. The Morgan fingerprint density at radius 2 is 1.66 bits per heavy atom. The molecule has 0 saturated carbocycles. The second kappa shape index (κ2) is 20.6. The zero-order valence-electron chi connectivity index (χ0n) is 25.0. The standard InChI is InChI=1S/C32H39N5O3.4ClH/c1-35-31-7-6-30(22-28(31)5-8-32(35)38)39-21-3-16-37(24-27-4-2-13-34-23-27)20-19-36-17-11-29(12-18-36)40-25-26-9-14-33-15-10-26;;;;/h2,4-10,13-15,22-23,29H,3,11-12,16-21,24-25H2,1H3;4*1H. The van der Waals surface area contributed by atoms with Gasteiger partial charge in [-0.15, -0.1) is 49.6 Å². The number of rotatable bonds is 13. The number of pyridine rings is 3. The van der Waals surface area contributed by atoms with Gasteiger partial charge in [0, 0.05) is 82.6 Å². The summed E-state index contributed by atoms with van der Waals surface area (Å²) in [6, 6.07) is 17.5. The topological polar surface area (TPSA) is 72.7 Å². The highest BCUT2D eigenvalue weighted by Crippen LogP contribution is 2.20. The van der Waals surface area contributed by atoms with Gasteiger partial charge in [0.05, 0.1) is 24.8 Å². The van der Waals surface area contributed by atoms with Crippen LogP contribution in [0.25, 0.3) is 10.9 Å². The molecule has 8 nitrogen and oxygen atoms in total. The summed E-state index contributed by atoms with van der Waals surface area (Å²) in [5.74, 6) is 0.832. The van der Waals surface area contributed by atoms with Crippen molar-refractivity contribution in [2.45, 2.75) is 38.5 Å². The van der Waals surface area contributed by atoms with Crippen molar-refractivity contribution in [3.63, 3.8) is 0 Å². The molecule has 0 atom stereocenters. The van der Waals surface area contributed by atoms with Gasteiger partial charge in [-0.25, -0.2) is 0 Å². The molecule has 0 unspecified atom stereocenters. The first-order valence-corrected chi connectivity index (χ1v) is 14.2. The van der Waals surface area contributed by atoms with Gasteiger partial charge in [-0.2, -0.15) is 0 Å². The summed E-state index contributed by atoms with van der Waals surface area (Å²) in [5.41, 5.74) is 3.31. The first-order chi connectivity index (χ1) is 19.6. The molecule has 1 aliphatic heterocycles.